The second kappa shape index (κ2) is 8.24. The van der Waals surface area contributed by atoms with Gasteiger partial charge >= 0.3 is 199 Å². The molecule has 0 aromatic heterocycles. The third-order valence-corrected chi connectivity index (χ3v) is 55.2. The predicted molar refractivity (Wildman–Crippen MR) is 142 cm³/mol. The molecule has 0 saturated carbocycles. The average molecular weight is 538 g/mol. The summed E-state index contributed by atoms with van der Waals surface area (Å²) in [6, 6.07) is 0. The molecule has 0 amide bonds. The fourth-order valence-electron chi connectivity index (χ4n) is 6.82. The molecule has 0 aliphatic heterocycles. The van der Waals surface area contributed by atoms with Crippen molar-refractivity contribution in [2.45, 2.75) is 96.1 Å². The first-order valence-electron chi connectivity index (χ1n) is 11.4. The van der Waals surface area contributed by atoms with Crippen LogP contribution in [0.25, 0.3) is 0 Å². The van der Waals surface area contributed by atoms with E-state index in [-0.39, 0.29) is 0 Å². The van der Waals surface area contributed by atoms with Gasteiger partial charge in [0, 0.05) is 0 Å². The molecule has 0 atom stereocenters. The van der Waals surface area contributed by atoms with Crippen LogP contribution in [0.15, 0.2) is 47.6 Å². The molecule has 0 radical (unpaired) electrons. The molecule has 2 aliphatic carbocycles. The molecular formula is C24H46Si4Zr. The van der Waals surface area contributed by atoms with Crippen molar-refractivity contribution in [1.82, 2.24) is 0 Å². The van der Waals surface area contributed by atoms with Crippen molar-refractivity contribution in [3.05, 3.63) is 47.6 Å². The molecule has 0 bridgehead atoms. The van der Waals surface area contributed by atoms with Crippen molar-refractivity contribution in [1.29, 1.82) is 0 Å². The van der Waals surface area contributed by atoms with E-state index in [1.165, 1.54) is 12.8 Å². The van der Waals surface area contributed by atoms with Crippen LogP contribution in [0, 0.1) is 0 Å². The van der Waals surface area contributed by atoms with E-state index < -0.39 is 55.5 Å². The summed E-state index contributed by atoms with van der Waals surface area (Å²) in [6.07, 6.45) is 17.3. The van der Waals surface area contributed by atoms with Gasteiger partial charge in [0.15, 0.2) is 0 Å². The van der Waals surface area contributed by atoms with E-state index in [0.717, 1.165) is 0 Å². The summed E-state index contributed by atoms with van der Waals surface area (Å²) < 4.78 is 1.22. The van der Waals surface area contributed by atoms with Gasteiger partial charge in [0.25, 0.3) is 0 Å². The van der Waals surface area contributed by atoms with Crippen LogP contribution < -0.4 is 0 Å². The van der Waals surface area contributed by atoms with E-state index >= 15 is 0 Å². The summed E-state index contributed by atoms with van der Waals surface area (Å²) in [6.45, 7) is 32.7. The van der Waals surface area contributed by atoms with Crippen molar-refractivity contribution >= 4 is 32.3 Å². The number of hydrogen-bond donors (Lipinski definition) is 0. The van der Waals surface area contributed by atoms with Gasteiger partial charge in [-0.1, -0.05) is 0 Å². The van der Waals surface area contributed by atoms with Crippen LogP contribution in [0.2, 0.25) is 83.3 Å². The topological polar surface area (TPSA) is 0 Å². The first-order chi connectivity index (χ1) is 12.9. The Balaban J connectivity index is 2.89. The van der Waals surface area contributed by atoms with Gasteiger partial charge in [-0.25, -0.2) is 0 Å². The zero-order chi connectivity index (χ0) is 22.5. The van der Waals surface area contributed by atoms with Gasteiger partial charge in [0.05, 0.1) is 0 Å². The van der Waals surface area contributed by atoms with Crippen molar-refractivity contribution < 1.29 is 23.2 Å². The fraction of sp³-hybridized carbons (Fsp3) is 0.667. The van der Waals surface area contributed by atoms with Gasteiger partial charge in [0.2, 0.25) is 0 Å². The maximum atomic E-state index is 2.73. The molecule has 0 aromatic rings. The van der Waals surface area contributed by atoms with E-state index in [4.69, 9.17) is 0 Å². The quantitative estimate of drug-likeness (QED) is 0.272. The second-order valence-electron chi connectivity index (χ2n) is 13.3. The van der Waals surface area contributed by atoms with Gasteiger partial charge in [-0.15, -0.1) is 0 Å². The molecule has 0 aromatic carbocycles. The molecule has 0 spiro atoms. The van der Waals surface area contributed by atoms with Gasteiger partial charge < -0.3 is 0 Å². The summed E-state index contributed by atoms with van der Waals surface area (Å²) in [5.74, 6) is 0. The summed E-state index contributed by atoms with van der Waals surface area (Å²) in [5.41, 5.74) is 3.74. The first-order valence-corrected chi connectivity index (χ1v) is 27.9. The number of hydrogen-bond acceptors (Lipinski definition) is 0. The van der Waals surface area contributed by atoms with E-state index in [9.17, 15) is 0 Å². The molecular weight excluding hydrogens is 492 g/mol. The summed E-state index contributed by atoms with van der Waals surface area (Å²) >= 11 is -0.834. The van der Waals surface area contributed by atoms with E-state index in [0.29, 0.717) is 4.74 Å². The van der Waals surface area contributed by atoms with Crippen LogP contribution in [0.3, 0.4) is 0 Å². The Morgan fingerprint density at radius 1 is 0.552 bits per heavy atom. The normalized spacial score (nSPS) is 18.9. The third kappa shape index (κ3) is 4.34. The molecule has 0 unspecified atom stereocenters. The molecule has 0 N–H and O–H groups in total. The monoisotopic (exact) mass is 536 g/mol. The Labute approximate surface area is 198 Å². The first kappa shape index (κ1) is 26.0. The minimum atomic E-state index is -1.43. The van der Waals surface area contributed by atoms with Gasteiger partial charge in [-0.2, -0.15) is 0 Å². The van der Waals surface area contributed by atoms with E-state index in [1.807, 2.05) is 11.1 Å². The van der Waals surface area contributed by atoms with Gasteiger partial charge in [-0.3, -0.25) is 0 Å². The van der Waals surface area contributed by atoms with Crippen LogP contribution in [-0.2, 0) is 23.2 Å². The minimum absolute atomic E-state index is 0.608. The molecule has 29 heavy (non-hydrogen) atoms. The Hall–Kier alpha value is 0.711. The second-order valence-corrected chi connectivity index (χ2v) is 44.5. The Kier molecular flexibility index (Phi) is 7.38. The maximum absolute atomic E-state index is 2.73. The molecule has 0 fully saturated rings. The molecule has 162 valence electrons. The van der Waals surface area contributed by atoms with Crippen LogP contribution >= 0.6 is 0 Å². The fourth-order valence-corrected chi connectivity index (χ4v) is 52.5. The zero-order valence-electron chi connectivity index (χ0n) is 21.4. The molecule has 0 nitrogen and oxygen atoms in total. The molecule has 5 heteroatoms. The Morgan fingerprint density at radius 2 is 0.828 bits per heavy atom. The molecule has 2 aliphatic rings. The standard InChI is InChI=1S/2C12H23Si2.Zr/c2*1-13(2,3)12(14(4,5)6)11-9-7-8-10-11;/h2*7-9H,10H2,1-6H3;. The van der Waals surface area contributed by atoms with Crippen molar-refractivity contribution in [2.75, 3.05) is 0 Å². The average Bonchev–Trinajstić information content (AvgIpc) is 3.15. The third-order valence-electron chi connectivity index (χ3n) is 7.38. The van der Waals surface area contributed by atoms with Crippen LogP contribution in [-0.4, -0.2) is 32.3 Å². The van der Waals surface area contributed by atoms with Crippen LogP contribution in [0.4, 0.5) is 0 Å². The summed E-state index contributed by atoms with van der Waals surface area (Å²) in [5, 5.41) is 0. The van der Waals surface area contributed by atoms with Crippen LogP contribution in [0.5, 0.6) is 0 Å². The Bertz CT molecular complexity index is 652. The molecule has 0 saturated heterocycles. The Morgan fingerprint density at radius 3 is 1.00 bits per heavy atom. The van der Waals surface area contributed by atoms with Gasteiger partial charge in [-0.05, 0) is 0 Å². The summed E-state index contributed by atoms with van der Waals surface area (Å²) in [4.78, 5) is 0. The van der Waals surface area contributed by atoms with Crippen molar-refractivity contribution in [3.63, 3.8) is 0 Å². The molecule has 2 rings (SSSR count). The van der Waals surface area contributed by atoms with Crippen molar-refractivity contribution in [3.8, 4) is 0 Å². The number of rotatable bonds is 8. The predicted octanol–water partition coefficient (Wildman–Crippen LogP) is 8.67. The van der Waals surface area contributed by atoms with E-state index in [1.54, 1.807) is 0 Å². The molecule has 0 heterocycles. The van der Waals surface area contributed by atoms with E-state index in [2.05, 4.69) is 115 Å². The summed E-state index contributed by atoms with van der Waals surface area (Å²) in [7, 11) is -5.72. The SMILES string of the molecule is C[Si](C)(C)[C]([Zr][C](C1=CC=CC1)([Si](C)(C)C)[Si](C)(C)C)(C1=CC=CC1)[Si](C)(C)C. The zero-order valence-corrected chi connectivity index (χ0v) is 27.8. The van der Waals surface area contributed by atoms with Crippen molar-refractivity contribution in [2.24, 2.45) is 0 Å². The van der Waals surface area contributed by atoms with Gasteiger partial charge in [0.1, 0.15) is 0 Å². The number of allylic oxidation sites excluding steroid dienone is 8. The van der Waals surface area contributed by atoms with Crippen LogP contribution in [0.1, 0.15) is 12.8 Å².